The number of aliphatic hydroxyl groups is 1. The van der Waals surface area contributed by atoms with E-state index >= 15 is 0 Å². The summed E-state index contributed by atoms with van der Waals surface area (Å²) in [5, 5.41) is 10.3. The lowest BCUT2D eigenvalue weighted by Gasteiger charge is -2.58. The first-order valence-electron chi connectivity index (χ1n) is 14.7. The number of cyclic esters (lactones) is 1. The molecule has 3 aliphatic heterocycles. The van der Waals surface area contributed by atoms with Crippen LogP contribution in [0.3, 0.4) is 0 Å². The van der Waals surface area contributed by atoms with Crippen LogP contribution in [0.1, 0.15) is 85.0 Å². The van der Waals surface area contributed by atoms with Crippen LogP contribution in [0.5, 0.6) is 0 Å². The third-order valence-corrected chi connectivity index (χ3v) is 12.6. The molecular formula is C30H44O7. The second kappa shape index (κ2) is 8.26. The van der Waals surface area contributed by atoms with Crippen molar-refractivity contribution >= 4 is 5.97 Å². The maximum absolute atomic E-state index is 11.8. The number of ether oxygens (including phenoxy) is 5. The van der Waals surface area contributed by atoms with Gasteiger partial charge in [-0.25, -0.2) is 4.79 Å². The Morgan fingerprint density at radius 2 is 1.89 bits per heavy atom. The minimum Gasteiger partial charge on any atom is -0.458 e. The molecule has 4 aliphatic carbocycles. The monoisotopic (exact) mass is 516 g/mol. The second-order valence-electron chi connectivity index (χ2n) is 13.8. The lowest BCUT2D eigenvalue weighted by Crippen LogP contribution is -2.59. The van der Waals surface area contributed by atoms with E-state index in [1.54, 1.807) is 13.2 Å². The van der Waals surface area contributed by atoms with E-state index in [-0.39, 0.29) is 52.6 Å². The molecule has 7 nitrogen and oxygen atoms in total. The summed E-state index contributed by atoms with van der Waals surface area (Å²) in [4.78, 5) is 11.8. The Kier molecular flexibility index (Phi) is 5.58. The van der Waals surface area contributed by atoms with E-state index in [2.05, 4.69) is 13.8 Å². The van der Waals surface area contributed by atoms with Crippen LogP contribution in [0.15, 0.2) is 11.6 Å². The van der Waals surface area contributed by atoms with Gasteiger partial charge in [-0.05, 0) is 93.5 Å². The third-order valence-electron chi connectivity index (χ3n) is 12.6. The first-order valence-corrected chi connectivity index (χ1v) is 14.7. The molecule has 1 N–H and O–H groups in total. The van der Waals surface area contributed by atoms with Crippen LogP contribution in [0.25, 0.3) is 0 Å². The van der Waals surface area contributed by atoms with E-state index in [1.165, 1.54) is 31.3 Å². The Morgan fingerprint density at radius 1 is 1.05 bits per heavy atom. The van der Waals surface area contributed by atoms with E-state index in [9.17, 15) is 9.90 Å². The summed E-state index contributed by atoms with van der Waals surface area (Å²) in [7, 11) is 1.65. The summed E-state index contributed by atoms with van der Waals surface area (Å²) in [6.07, 6.45) is 11.4. The summed E-state index contributed by atoms with van der Waals surface area (Å²) < 4.78 is 30.4. The van der Waals surface area contributed by atoms with Gasteiger partial charge in [-0.2, -0.15) is 0 Å². The predicted octanol–water partition coefficient (Wildman–Crippen LogP) is 4.30. The lowest BCUT2D eigenvalue weighted by atomic mass is 9.44. The SMILES string of the molecule is CO[C@H]1C[C@@H](O[C@@H]2CC[C@]3(C)[C@@H](CC[C@]45O[C@]46CC[C@@H](C4=CC(=O)OC4)[C@]6(C)CC[C@@H]35)C2)O[C@@H](C)[C@H]1O. The minimum atomic E-state index is -0.606. The number of hydrogen-bond acceptors (Lipinski definition) is 7. The highest BCUT2D eigenvalue weighted by Crippen LogP contribution is 2.81. The van der Waals surface area contributed by atoms with Crippen molar-refractivity contribution in [3.8, 4) is 0 Å². The molecule has 0 bridgehead atoms. The fraction of sp³-hybridized carbons (Fsp3) is 0.900. The summed E-state index contributed by atoms with van der Waals surface area (Å²) in [5.74, 6) is 1.47. The van der Waals surface area contributed by atoms with Gasteiger partial charge in [0.2, 0.25) is 0 Å². The van der Waals surface area contributed by atoms with Crippen molar-refractivity contribution in [3.63, 3.8) is 0 Å². The van der Waals surface area contributed by atoms with Gasteiger partial charge >= 0.3 is 5.97 Å². The fourth-order valence-corrected chi connectivity index (χ4v) is 10.6. The highest BCUT2D eigenvalue weighted by Gasteiger charge is 2.86. The summed E-state index contributed by atoms with van der Waals surface area (Å²) in [6.45, 7) is 7.37. The molecule has 4 saturated carbocycles. The van der Waals surface area contributed by atoms with Crippen LogP contribution in [0.2, 0.25) is 0 Å². The molecule has 0 unspecified atom stereocenters. The maximum Gasteiger partial charge on any atom is 0.331 e. The zero-order valence-electron chi connectivity index (χ0n) is 22.9. The second-order valence-corrected chi connectivity index (χ2v) is 13.8. The number of methoxy groups -OCH3 is 1. The zero-order valence-corrected chi connectivity index (χ0v) is 22.9. The van der Waals surface area contributed by atoms with E-state index in [1.807, 2.05) is 6.92 Å². The number of carbonyl (C=O) groups excluding carboxylic acids is 1. The Hall–Kier alpha value is -0.990. The molecule has 3 heterocycles. The molecule has 7 rings (SSSR count). The van der Waals surface area contributed by atoms with Gasteiger partial charge in [-0.15, -0.1) is 0 Å². The van der Waals surface area contributed by atoms with Crippen LogP contribution >= 0.6 is 0 Å². The van der Waals surface area contributed by atoms with Crippen molar-refractivity contribution in [3.05, 3.63) is 11.6 Å². The van der Waals surface area contributed by atoms with Crippen LogP contribution in [-0.4, -0.2) is 66.7 Å². The molecule has 7 aliphatic rings. The highest BCUT2D eigenvalue weighted by atomic mass is 16.7. The first-order chi connectivity index (χ1) is 17.7. The molecule has 12 atom stereocenters. The first kappa shape index (κ1) is 25.0. The van der Waals surface area contributed by atoms with Gasteiger partial charge in [0.25, 0.3) is 0 Å². The number of aliphatic hydroxyl groups excluding tert-OH is 1. The minimum absolute atomic E-state index is 0.0153. The van der Waals surface area contributed by atoms with Crippen molar-refractivity contribution in [2.75, 3.05) is 13.7 Å². The van der Waals surface area contributed by atoms with Gasteiger partial charge in [0, 0.05) is 25.0 Å². The van der Waals surface area contributed by atoms with E-state index in [0.29, 0.717) is 30.8 Å². The Bertz CT molecular complexity index is 996. The molecule has 2 saturated heterocycles. The summed E-state index contributed by atoms with van der Waals surface area (Å²) in [6, 6.07) is 0. The van der Waals surface area contributed by atoms with Crippen LogP contribution in [-0.2, 0) is 28.5 Å². The predicted molar refractivity (Wildman–Crippen MR) is 134 cm³/mol. The average molecular weight is 517 g/mol. The standard InChI is InChI=1S/C30H44O7/c1-17-26(32)22(33-4)15-25(35-17)36-20-6-9-27(2)19(14-20)5-11-29-23(27)8-10-28(3)21(7-12-30(28,29)37-29)18-13-24(31)34-16-18/h13,17,19-23,25-26,32H,5-12,14-16H2,1-4H3/t17-,19-,20+,21-,22-,23-,25+,26+,27+,28-,29+,30-/m0/s1. The molecule has 6 fully saturated rings. The Labute approximate surface area is 220 Å². The number of hydrogen-bond donors (Lipinski definition) is 1. The number of rotatable bonds is 4. The van der Waals surface area contributed by atoms with Crippen molar-refractivity contribution in [1.82, 2.24) is 0 Å². The average Bonchev–Trinajstić information content (AvgIpc) is 3.18. The molecule has 0 aromatic rings. The molecule has 0 aromatic heterocycles. The van der Waals surface area contributed by atoms with E-state index in [0.717, 1.165) is 32.1 Å². The smallest absolute Gasteiger partial charge is 0.331 e. The molecule has 37 heavy (non-hydrogen) atoms. The number of epoxide rings is 1. The molecule has 0 radical (unpaired) electrons. The maximum atomic E-state index is 11.8. The van der Waals surface area contributed by atoms with Crippen LogP contribution < -0.4 is 0 Å². The van der Waals surface area contributed by atoms with Gasteiger partial charge in [-0.3, -0.25) is 0 Å². The highest BCUT2D eigenvalue weighted by molar-refractivity contribution is 5.85. The van der Waals surface area contributed by atoms with Gasteiger partial charge in [0.15, 0.2) is 6.29 Å². The van der Waals surface area contributed by atoms with E-state index in [4.69, 9.17) is 23.7 Å². The van der Waals surface area contributed by atoms with Crippen molar-refractivity contribution in [1.29, 1.82) is 0 Å². The normalized spacial score (nSPS) is 56.5. The topological polar surface area (TPSA) is 86.8 Å². The van der Waals surface area contributed by atoms with E-state index < -0.39 is 6.10 Å². The van der Waals surface area contributed by atoms with Gasteiger partial charge in [0.05, 0.1) is 18.3 Å². The molecule has 0 amide bonds. The molecule has 7 heteroatoms. The lowest BCUT2D eigenvalue weighted by molar-refractivity contribution is -0.271. The number of fused-ring (bicyclic) bond motifs is 2. The zero-order chi connectivity index (χ0) is 25.8. The fourth-order valence-electron chi connectivity index (χ4n) is 10.6. The molecule has 0 aromatic carbocycles. The van der Waals surface area contributed by atoms with Crippen molar-refractivity contribution < 1.29 is 33.6 Å². The van der Waals surface area contributed by atoms with Crippen molar-refractivity contribution in [2.24, 2.45) is 28.6 Å². The van der Waals surface area contributed by atoms with Crippen LogP contribution in [0.4, 0.5) is 0 Å². The molecular weight excluding hydrogens is 472 g/mol. The van der Waals surface area contributed by atoms with Gasteiger partial charge < -0.3 is 28.8 Å². The number of esters is 1. The Balaban J connectivity index is 1.06. The van der Waals surface area contributed by atoms with Crippen molar-refractivity contribution in [2.45, 2.75) is 127 Å². The molecule has 2 spiro atoms. The number of carbonyl (C=O) groups is 1. The Morgan fingerprint density at radius 3 is 2.65 bits per heavy atom. The summed E-state index contributed by atoms with van der Waals surface area (Å²) in [5.41, 5.74) is 1.57. The largest absolute Gasteiger partial charge is 0.458 e. The summed E-state index contributed by atoms with van der Waals surface area (Å²) >= 11 is 0. The van der Waals surface area contributed by atoms with Gasteiger partial charge in [0.1, 0.15) is 23.9 Å². The quantitative estimate of drug-likeness (QED) is 0.339. The molecule has 206 valence electrons. The van der Waals surface area contributed by atoms with Crippen LogP contribution in [0, 0.1) is 28.6 Å². The third kappa shape index (κ3) is 3.27. The van der Waals surface area contributed by atoms with Gasteiger partial charge in [-0.1, -0.05) is 13.8 Å².